The monoisotopic (exact) mass is 547 g/mol. The molecule has 1 N–H and O–H groups in total. The van der Waals surface area contributed by atoms with Gasteiger partial charge in [-0.05, 0) is 98.7 Å². The molecule has 40 heavy (non-hydrogen) atoms. The third kappa shape index (κ3) is 5.59. The number of nitrogens with one attached hydrogen (secondary N) is 1. The molecule has 0 radical (unpaired) electrons. The smallest absolute Gasteiger partial charge is 0.139 e. The average Bonchev–Trinajstić information content (AvgIpc) is 3.27. The molecule has 0 spiro atoms. The van der Waals surface area contributed by atoms with Crippen LogP contribution < -0.4 is 10.1 Å². The predicted molar refractivity (Wildman–Crippen MR) is 162 cm³/mol. The Morgan fingerprint density at radius 2 is 1.85 bits per heavy atom. The van der Waals surface area contributed by atoms with Gasteiger partial charge in [0.1, 0.15) is 17.3 Å². The van der Waals surface area contributed by atoms with Crippen LogP contribution in [0, 0.1) is 28.6 Å². The van der Waals surface area contributed by atoms with E-state index in [-0.39, 0.29) is 10.8 Å². The molecule has 5 unspecified atom stereocenters. The van der Waals surface area contributed by atoms with Crippen LogP contribution in [0.15, 0.2) is 35.4 Å². The molecule has 4 heteroatoms. The standard InChI is InChI=1S/C36H53NO3/c1-6-10-33(37-25(7-2)8-3)24-11-9-12-27(21-24)40-20-19-36-18-17-28-29-14-13-26(38)22-32(29)35(4,5)23-30(28)31(36)15-16-34(36)39/h9,11-12,21,25,28,30-31,33,37H,6-8,10,13-20,22-23H2,1-5H3. The molecule has 4 nitrogen and oxygen atoms in total. The zero-order valence-electron chi connectivity index (χ0n) is 25.8. The quantitative estimate of drug-likeness (QED) is 0.282. The van der Waals surface area contributed by atoms with Crippen molar-refractivity contribution in [3.63, 3.8) is 0 Å². The van der Waals surface area contributed by atoms with Crippen LogP contribution >= 0.6 is 0 Å². The second kappa shape index (κ2) is 12.1. The summed E-state index contributed by atoms with van der Waals surface area (Å²) in [6.45, 7) is 12.1. The van der Waals surface area contributed by atoms with Gasteiger partial charge < -0.3 is 10.1 Å². The number of Topliss-reactive ketones (excluding diaryl/α,β-unsaturated/α-hetero) is 2. The van der Waals surface area contributed by atoms with E-state index >= 15 is 0 Å². The molecule has 0 saturated heterocycles. The minimum atomic E-state index is -0.223. The van der Waals surface area contributed by atoms with Gasteiger partial charge in [-0.3, -0.25) is 9.59 Å². The summed E-state index contributed by atoms with van der Waals surface area (Å²) in [5, 5.41) is 3.87. The lowest BCUT2D eigenvalue weighted by Crippen LogP contribution is -2.49. The first-order chi connectivity index (χ1) is 19.2. The Labute approximate surface area is 243 Å². The summed E-state index contributed by atoms with van der Waals surface area (Å²) in [5.41, 5.74) is 4.20. The van der Waals surface area contributed by atoms with E-state index in [2.05, 4.69) is 64.2 Å². The maximum atomic E-state index is 13.6. The second-order valence-electron chi connectivity index (χ2n) is 14.0. The molecule has 4 aliphatic rings. The molecule has 5 atom stereocenters. The minimum Gasteiger partial charge on any atom is -0.494 e. The van der Waals surface area contributed by atoms with Crippen molar-refractivity contribution in [2.24, 2.45) is 28.6 Å². The molecule has 5 rings (SSSR count). The van der Waals surface area contributed by atoms with E-state index in [1.807, 2.05) is 0 Å². The molecule has 2 saturated carbocycles. The van der Waals surface area contributed by atoms with Crippen LogP contribution in [0.4, 0.5) is 0 Å². The molecule has 0 aromatic heterocycles. The number of ether oxygens (including phenoxy) is 1. The number of carbonyl (C=O) groups excluding carboxylic acids is 2. The molecule has 0 bridgehead atoms. The first-order valence-electron chi connectivity index (χ1n) is 16.5. The highest BCUT2D eigenvalue weighted by molar-refractivity contribution is 5.88. The Hall–Kier alpha value is -1.94. The Kier molecular flexibility index (Phi) is 8.95. The minimum absolute atomic E-state index is 0.0653. The molecular formula is C36H53NO3. The number of allylic oxidation sites excluding steroid dienone is 2. The molecule has 0 aliphatic heterocycles. The summed E-state index contributed by atoms with van der Waals surface area (Å²) in [7, 11) is 0. The molecule has 220 valence electrons. The van der Waals surface area contributed by atoms with E-state index < -0.39 is 0 Å². The number of hydrogen-bond acceptors (Lipinski definition) is 4. The van der Waals surface area contributed by atoms with Crippen LogP contribution in [0.1, 0.15) is 130 Å². The SMILES string of the molecule is CCCC(NC(CC)CC)c1cccc(OCCC23CCC4C5=C(CC(=O)CC5)C(C)(C)CC4C2CCC3=O)c1. The Balaban J connectivity index is 1.29. The molecule has 1 aromatic carbocycles. The summed E-state index contributed by atoms with van der Waals surface area (Å²) in [6, 6.07) is 9.53. The maximum Gasteiger partial charge on any atom is 0.139 e. The fourth-order valence-corrected chi connectivity index (χ4v) is 9.28. The fourth-order valence-electron chi connectivity index (χ4n) is 9.28. The van der Waals surface area contributed by atoms with Crippen molar-refractivity contribution in [3.05, 3.63) is 41.0 Å². The molecule has 4 aliphatic carbocycles. The lowest BCUT2D eigenvalue weighted by atomic mass is 9.49. The van der Waals surface area contributed by atoms with Crippen LogP contribution in [0.3, 0.4) is 0 Å². The van der Waals surface area contributed by atoms with Gasteiger partial charge in [0, 0.05) is 36.8 Å². The molecular weight excluding hydrogens is 494 g/mol. The summed E-state index contributed by atoms with van der Waals surface area (Å²) >= 11 is 0. The number of hydrogen-bond donors (Lipinski definition) is 1. The molecule has 0 heterocycles. The fraction of sp³-hybridized carbons (Fsp3) is 0.722. The highest BCUT2D eigenvalue weighted by Crippen LogP contribution is 2.64. The van der Waals surface area contributed by atoms with Crippen molar-refractivity contribution >= 4 is 11.6 Å². The molecule has 0 amide bonds. The van der Waals surface area contributed by atoms with E-state index in [1.165, 1.54) is 11.1 Å². The predicted octanol–water partition coefficient (Wildman–Crippen LogP) is 8.55. The van der Waals surface area contributed by atoms with Crippen molar-refractivity contribution in [3.8, 4) is 5.75 Å². The largest absolute Gasteiger partial charge is 0.494 e. The van der Waals surface area contributed by atoms with E-state index in [1.54, 1.807) is 5.57 Å². The Morgan fingerprint density at radius 3 is 2.60 bits per heavy atom. The van der Waals surface area contributed by atoms with Crippen LogP contribution in [0.5, 0.6) is 5.75 Å². The van der Waals surface area contributed by atoms with E-state index in [9.17, 15) is 9.59 Å². The van der Waals surface area contributed by atoms with Crippen molar-refractivity contribution in [1.82, 2.24) is 5.32 Å². The molecule has 1 aromatic rings. The third-order valence-corrected chi connectivity index (χ3v) is 11.4. The van der Waals surface area contributed by atoms with Crippen LogP contribution in [0.2, 0.25) is 0 Å². The number of carbonyl (C=O) groups is 2. The second-order valence-corrected chi connectivity index (χ2v) is 14.0. The van der Waals surface area contributed by atoms with Gasteiger partial charge in [0.05, 0.1) is 6.61 Å². The van der Waals surface area contributed by atoms with Gasteiger partial charge in [-0.2, -0.15) is 0 Å². The summed E-state index contributed by atoms with van der Waals surface area (Å²) in [5.74, 6) is 3.43. The van der Waals surface area contributed by atoms with E-state index in [4.69, 9.17) is 4.74 Å². The van der Waals surface area contributed by atoms with Crippen molar-refractivity contribution in [2.75, 3.05) is 6.61 Å². The van der Waals surface area contributed by atoms with Crippen molar-refractivity contribution in [2.45, 2.75) is 130 Å². The van der Waals surface area contributed by atoms with E-state index in [0.29, 0.717) is 60.9 Å². The van der Waals surface area contributed by atoms with Crippen LogP contribution in [-0.2, 0) is 9.59 Å². The number of fused-ring (bicyclic) bond motifs is 4. The topological polar surface area (TPSA) is 55.4 Å². The van der Waals surface area contributed by atoms with Crippen molar-refractivity contribution < 1.29 is 14.3 Å². The van der Waals surface area contributed by atoms with Gasteiger partial charge in [-0.1, -0.05) is 64.3 Å². The third-order valence-electron chi connectivity index (χ3n) is 11.4. The van der Waals surface area contributed by atoms with E-state index in [0.717, 1.165) is 76.4 Å². The lowest BCUT2D eigenvalue weighted by Gasteiger charge is -2.54. The van der Waals surface area contributed by atoms with Crippen molar-refractivity contribution in [1.29, 1.82) is 0 Å². The number of benzene rings is 1. The Bertz CT molecular complexity index is 1110. The highest BCUT2D eigenvalue weighted by Gasteiger charge is 2.59. The summed E-state index contributed by atoms with van der Waals surface area (Å²) in [4.78, 5) is 25.9. The normalized spacial score (nSPS) is 30.2. The Morgan fingerprint density at radius 1 is 1.05 bits per heavy atom. The highest BCUT2D eigenvalue weighted by atomic mass is 16.5. The number of rotatable bonds is 11. The summed E-state index contributed by atoms with van der Waals surface area (Å²) < 4.78 is 6.43. The zero-order chi connectivity index (χ0) is 28.5. The van der Waals surface area contributed by atoms with Crippen LogP contribution in [0.25, 0.3) is 0 Å². The van der Waals surface area contributed by atoms with Gasteiger partial charge in [0.15, 0.2) is 0 Å². The zero-order valence-corrected chi connectivity index (χ0v) is 25.8. The molecule has 2 fully saturated rings. The van der Waals surface area contributed by atoms with Gasteiger partial charge in [-0.15, -0.1) is 0 Å². The number of ketones is 2. The van der Waals surface area contributed by atoms with Gasteiger partial charge >= 0.3 is 0 Å². The van der Waals surface area contributed by atoms with Crippen LogP contribution in [-0.4, -0.2) is 24.2 Å². The first kappa shape index (κ1) is 29.5. The van der Waals surface area contributed by atoms with Gasteiger partial charge in [0.2, 0.25) is 0 Å². The summed E-state index contributed by atoms with van der Waals surface area (Å²) in [6.07, 6.45) is 12.7. The first-order valence-corrected chi connectivity index (χ1v) is 16.5. The van der Waals surface area contributed by atoms with Gasteiger partial charge in [-0.25, -0.2) is 0 Å². The maximum absolute atomic E-state index is 13.6. The lowest BCUT2D eigenvalue weighted by molar-refractivity contribution is -0.133. The van der Waals surface area contributed by atoms with Gasteiger partial charge in [0.25, 0.3) is 0 Å². The average molecular weight is 548 g/mol.